The van der Waals surface area contributed by atoms with Crippen molar-refractivity contribution in [1.82, 2.24) is 24.8 Å². The Balaban J connectivity index is 1.69. The third-order valence-electron chi connectivity index (χ3n) is 4.01. The van der Waals surface area contributed by atoms with Gasteiger partial charge >= 0.3 is 6.09 Å². The fraction of sp³-hybridized carbons (Fsp3) is 0.500. The average Bonchev–Trinajstić information content (AvgIpc) is 2.92. The minimum Gasteiger partial charge on any atom is -0.465 e. The quantitative estimate of drug-likeness (QED) is 0.834. The number of hydrogen-bond acceptors (Lipinski definition) is 5. The SMILES string of the molecule is CSc1ncnn2ccc(CN3CCC(NC(=O)O)CC3)c12. The highest BCUT2D eigenvalue weighted by atomic mass is 32.2. The molecule has 0 radical (unpaired) electrons. The lowest BCUT2D eigenvalue weighted by molar-refractivity contribution is 0.165. The lowest BCUT2D eigenvalue weighted by Gasteiger charge is -2.31. The zero-order valence-electron chi connectivity index (χ0n) is 12.4. The molecule has 1 aliphatic heterocycles. The van der Waals surface area contributed by atoms with Crippen LogP contribution in [-0.4, -0.2) is 56.1 Å². The van der Waals surface area contributed by atoms with Crippen LogP contribution >= 0.6 is 11.8 Å². The number of carbonyl (C=O) groups is 1. The van der Waals surface area contributed by atoms with E-state index in [0.29, 0.717) is 0 Å². The van der Waals surface area contributed by atoms with Crippen LogP contribution in [0.15, 0.2) is 23.6 Å². The predicted molar refractivity (Wildman–Crippen MR) is 84.2 cm³/mol. The smallest absolute Gasteiger partial charge is 0.404 e. The molecule has 2 aromatic rings. The number of rotatable bonds is 4. The molecule has 0 saturated carbocycles. The summed E-state index contributed by atoms with van der Waals surface area (Å²) in [4.78, 5) is 17.4. The van der Waals surface area contributed by atoms with Crippen molar-refractivity contribution < 1.29 is 9.90 Å². The van der Waals surface area contributed by atoms with E-state index in [4.69, 9.17) is 5.11 Å². The zero-order chi connectivity index (χ0) is 15.5. The Bertz CT molecular complexity index is 666. The van der Waals surface area contributed by atoms with Crippen molar-refractivity contribution in [3.63, 3.8) is 0 Å². The Labute approximate surface area is 132 Å². The summed E-state index contributed by atoms with van der Waals surface area (Å²) >= 11 is 1.62. The van der Waals surface area contributed by atoms with E-state index in [1.807, 2.05) is 17.0 Å². The number of nitrogens with one attached hydrogen (secondary N) is 1. The molecule has 1 amide bonds. The molecular formula is C14H19N5O2S. The Morgan fingerprint density at radius 3 is 2.95 bits per heavy atom. The van der Waals surface area contributed by atoms with Gasteiger partial charge in [-0.2, -0.15) is 5.10 Å². The highest BCUT2D eigenvalue weighted by molar-refractivity contribution is 7.98. The van der Waals surface area contributed by atoms with Gasteiger partial charge in [0, 0.05) is 31.9 Å². The number of thioether (sulfide) groups is 1. The van der Waals surface area contributed by atoms with Crippen LogP contribution in [-0.2, 0) is 6.54 Å². The van der Waals surface area contributed by atoms with Gasteiger partial charge in [0.05, 0.1) is 0 Å². The molecule has 8 heteroatoms. The Kier molecular flexibility index (Phi) is 4.49. The van der Waals surface area contributed by atoms with Gasteiger partial charge in [0.2, 0.25) is 0 Å². The largest absolute Gasteiger partial charge is 0.465 e. The molecule has 118 valence electrons. The first-order chi connectivity index (χ1) is 10.7. The van der Waals surface area contributed by atoms with Gasteiger partial charge in [-0.3, -0.25) is 4.90 Å². The maximum Gasteiger partial charge on any atom is 0.404 e. The van der Waals surface area contributed by atoms with Crippen LogP contribution in [0.1, 0.15) is 18.4 Å². The summed E-state index contributed by atoms with van der Waals surface area (Å²) in [6.45, 7) is 2.63. The number of carboxylic acid groups (broad SMARTS) is 1. The lowest BCUT2D eigenvalue weighted by Crippen LogP contribution is -2.43. The fourth-order valence-corrected chi connectivity index (χ4v) is 3.49. The number of likely N-dealkylation sites (tertiary alicyclic amines) is 1. The molecule has 3 rings (SSSR count). The molecule has 0 spiro atoms. The van der Waals surface area contributed by atoms with Gasteiger partial charge < -0.3 is 10.4 Å². The monoisotopic (exact) mass is 321 g/mol. The molecule has 0 aliphatic carbocycles. The first-order valence-corrected chi connectivity index (χ1v) is 8.47. The topological polar surface area (TPSA) is 82.8 Å². The number of piperidine rings is 1. The molecule has 1 aliphatic rings. The van der Waals surface area contributed by atoms with Crippen LogP contribution in [0.5, 0.6) is 0 Å². The number of nitrogens with zero attached hydrogens (tertiary/aromatic N) is 4. The van der Waals surface area contributed by atoms with Gasteiger partial charge in [0.15, 0.2) is 0 Å². The molecule has 0 bridgehead atoms. The van der Waals surface area contributed by atoms with Crippen LogP contribution in [0.3, 0.4) is 0 Å². The average molecular weight is 321 g/mol. The summed E-state index contributed by atoms with van der Waals surface area (Å²) in [7, 11) is 0. The van der Waals surface area contributed by atoms with Gasteiger partial charge in [0.25, 0.3) is 0 Å². The maximum absolute atomic E-state index is 10.7. The number of hydrogen-bond donors (Lipinski definition) is 2. The molecule has 2 aromatic heterocycles. The van der Waals surface area contributed by atoms with E-state index in [1.165, 1.54) is 5.56 Å². The van der Waals surface area contributed by atoms with Gasteiger partial charge in [-0.25, -0.2) is 14.3 Å². The zero-order valence-corrected chi connectivity index (χ0v) is 13.2. The molecule has 1 fully saturated rings. The van der Waals surface area contributed by atoms with Crippen LogP contribution < -0.4 is 5.32 Å². The molecule has 0 aromatic carbocycles. The number of amides is 1. The van der Waals surface area contributed by atoms with Crippen LogP contribution in [0.2, 0.25) is 0 Å². The van der Waals surface area contributed by atoms with Crippen molar-refractivity contribution in [3.05, 3.63) is 24.2 Å². The second kappa shape index (κ2) is 6.53. The van der Waals surface area contributed by atoms with E-state index in [1.54, 1.807) is 18.1 Å². The number of fused-ring (bicyclic) bond motifs is 1. The van der Waals surface area contributed by atoms with E-state index in [0.717, 1.165) is 43.0 Å². The van der Waals surface area contributed by atoms with Crippen molar-refractivity contribution in [1.29, 1.82) is 0 Å². The van der Waals surface area contributed by atoms with Gasteiger partial charge in [0.1, 0.15) is 16.9 Å². The van der Waals surface area contributed by atoms with Gasteiger partial charge in [-0.1, -0.05) is 0 Å². The fourth-order valence-electron chi connectivity index (χ4n) is 2.92. The summed E-state index contributed by atoms with van der Waals surface area (Å²) in [6, 6.07) is 2.16. The molecule has 1 saturated heterocycles. The maximum atomic E-state index is 10.7. The standard InChI is InChI=1S/C14H19N5O2S/c1-22-13-12-10(2-7-19(12)16-9-15-13)8-18-5-3-11(4-6-18)17-14(20)21/h2,7,9,11,17H,3-6,8H2,1H3,(H,20,21). The summed E-state index contributed by atoms with van der Waals surface area (Å²) in [5, 5.41) is 16.6. The third kappa shape index (κ3) is 3.17. The molecule has 2 N–H and O–H groups in total. The summed E-state index contributed by atoms with van der Waals surface area (Å²) in [5.74, 6) is 0. The Morgan fingerprint density at radius 2 is 2.27 bits per heavy atom. The van der Waals surface area contributed by atoms with Crippen LogP contribution in [0, 0.1) is 0 Å². The van der Waals surface area contributed by atoms with Gasteiger partial charge in [-0.05, 0) is 30.7 Å². The van der Waals surface area contributed by atoms with Crippen LogP contribution in [0.4, 0.5) is 4.79 Å². The molecule has 0 unspecified atom stereocenters. The van der Waals surface area contributed by atoms with E-state index < -0.39 is 6.09 Å². The summed E-state index contributed by atoms with van der Waals surface area (Å²) < 4.78 is 1.87. The van der Waals surface area contributed by atoms with Crippen molar-refractivity contribution in [2.24, 2.45) is 0 Å². The highest BCUT2D eigenvalue weighted by Gasteiger charge is 2.21. The van der Waals surface area contributed by atoms with E-state index in [2.05, 4.69) is 26.4 Å². The first kappa shape index (κ1) is 15.1. The predicted octanol–water partition coefficient (Wildman–Crippen LogP) is 1.68. The van der Waals surface area contributed by atoms with Crippen molar-refractivity contribution in [2.45, 2.75) is 30.5 Å². The second-order valence-corrected chi connectivity index (χ2v) is 6.20. The second-order valence-electron chi connectivity index (χ2n) is 5.40. The molecular weight excluding hydrogens is 302 g/mol. The van der Waals surface area contributed by atoms with Crippen molar-refractivity contribution in [2.75, 3.05) is 19.3 Å². The van der Waals surface area contributed by atoms with Crippen LogP contribution in [0.25, 0.3) is 5.52 Å². The summed E-state index contributed by atoms with van der Waals surface area (Å²) in [6.07, 6.45) is 6.32. The van der Waals surface area contributed by atoms with Crippen molar-refractivity contribution >= 4 is 23.4 Å². The van der Waals surface area contributed by atoms with E-state index in [9.17, 15) is 4.79 Å². The highest BCUT2D eigenvalue weighted by Crippen LogP contribution is 2.24. The minimum absolute atomic E-state index is 0.0737. The van der Waals surface area contributed by atoms with E-state index >= 15 is 0 Å². The van der Waals surface area contributed by atoms with E-state index in [-0.39, 0.29) is 6.04 Å². The first-order valence-electron chi connectivity index (χ1n) is 7.24. The third-order valence-corrected chi connectivity index (χ3v) is 4.69. The lowest BCUT2D eigenvalue weighted by atomic mass is 10.0. The van der Waals surface area contributed by atoms with Crippen molar-refractivity contribution in [3.8, 4) is 0 Å². The molecule has 22 heavy (non-hydrogen) atoms. The minimum atomic E-state index is -0.932. The molecule has 7 nitrogen and oxygen atoms in total. The molecule has 3 heterocycles. The normalized spacial score (nSPS) is 17.0. The summed E-state index contributed by atoms with van der Waals surface area (Å²) in [5.41, 5.74) is 2.29. The Hall–Kier alpha value is -1.80. The number of aromatic nitrogens is 3. The Morgan fingerprint density at radius 1 is 1.50 bits per heavy atom. The van der Waals surface area contributed by atoms with Gasteiger partial charge in [-0.15, -0.1) is 11.8 Å². The molecule has 0 atom stereocenters.